The van der Waals surface area contributed by atoms with E-state index in [0.717, 1.165) is 6.92 Å². The van der Waals surface area contributed by atoms with Crippen LogP contribution in [0, 0.1) is 6.10 Å². The van der Waals surface area contributed by atoms with Crippen LogP contribution in [0.15, 0.2) is 0 Å². The molecule has 0 aliphatic rings. The molecule has 1 nitrogen and oxygen atoms in total. The molecule has 55 valence electrons. The van der Waals surface area contributed by atoms with Gasteiger partial charge in [-0.25, -0.2) is 0 Å². The summed E-state index contributed by atoms with van der Waals surface area (Å²) in [6.45, 7) is 2.48. The Morgan fingerprint density at radius 1 is 1.44 bits per heavy atom. The predicted octanol–water partition coefficient (Wildman–Crippen LogP) is 2.14. The largest absolute Gasteiger partial charge is 0.420 e. The molecule has 0 amide bonds. The summed E-state index contributed by atoms with van der Waals surface area (Å²) in [5.74, 6) is 0. The molecule has 0 heterocycles. The second kappa shape index (κ2) is 3.06. The van der Waals surface area contributed by atoms with Gasteiger partial charge >= 0.3 is 6.18 Å². The van der Waals surface area contributed by atoms with Crippen molar-refractivity contribution in [3.63, 3.8) is 0 Å². The van der Waals surface area contributed by atoms with E-state index in [1.165, 1.54) is 6.92 Å². The fourth-order valence-electron chi connectivity index (χ4n) is 0.298. The predicted molar refractivity (Wildman–Crippen MR) is 26.6 cm³/mol. The minimum atomic E-state index is -4.30. The van der Waals surface area contributed by atoms with Gasteiger partial charge in [0.15, 0.2) is 6.10 Å². The highest BCUT2D eigenvalue weighted by Gasteiger charge is 2.37. The summed E-state index contributed by atoms with van der Waals surface area (Å²) in [6.07, 6.45) is -5.18. The van der Waals surface area contributed by atoms with Gasteiger partial charge in [-0.05, 0) is 13.8 Å². The normalized spacial score (nSPS) is 12.7. The van der Waals surface area contributed by atoms with Gasteiger partial charge in [-0.2, -0.15) is 13.2 Å². The highest BCUT2D eigenvalue weighted by Crippen LogP contribution is 2.27. The van der Waals surface area contributed by atoms with Crippen molar-refractivity contribution >= 4 is 0 Å². The zero-order valence-electron chi connectivity index (χ0n) is 5.25. The fraction of sp³-hybridized carbons (Fsp3) is 0.800. The Bertz CT molecular complexity index is 78.8. The molecule has 0 unspecified atom stereocenters. The number of alkyl halides is 3. The van der Waals surface area contributed by atoms with Gasteiger partial charge in [-0.1, -0.05) is 0 Å². The van der Waals surface area contributed by atoms with Crippen LogP contribution < -0.4 is 0 Å². The number of ether oxygens (including phenoxy) is 1. The first-order valence-electron chi connectivity index (χ1n) is 2.52. The molecule has 4 heteroatoms. The lowest BCUT2D eigenvalue weighted by atomic mass is 10.4. The van der Waals surface area contributed by atoms with E-state index in [4.69, 9.17) is 0 Å². The van der Waals surface area contributed by atoms with E-state index in [2.05, 4.69) is 4.74 Å². The summed E-state index contributed by atoms with van der Waals surface area (Å²) in [7, 11) is 0. The smallest absolute Gasteiger partial charge is 0.363 e. The van der Waals surface area contributed by atoms with E-state index in [9.17, 15) is 13.2 Å². The van der Waals surface area contributed by atoms with Gasteiger partial charge in [0.05, 0.1) is 0 Å². The van der Waals surface area contributed by atoms with Gasteiger partial charge in [0.1, 0.15) is 0 Å². The topological polar surface area (TPSA) is 9.23 Å². The zero-order valence-corrected chi connectivity index (χ0v) is 5.25. The van der Waals surface area contributed by atoms with Crippen molar-refractivity contribution in [3.05, 3.63) is 6.10 Å². The van der Waals surface area contributed by atoms with Crippen molar-refractivity contribution in [2.75, 3.05) is 6.61 Å². The molecule has 0 bridgehead atoms. The molecule has 0 saturated heterocycles. The van der Waals surface area contributed by atoms with Crippen molar-refractivity contribution in [2.45, 2.75) is 20.0 Å². The van der Waals surface area contributed by atoms with E-state index < -0.39 is 12.3 Å². The van der Waals surface area contributed by atoms with Gasteiger partial charge in [0, 0.05) is 6.61 Å². The van der Waals surface area contributed by atoms with Gasteiger partial charge in [-0.3, -0.25) is 0 Å². The van der Waals surface area contributed by atoms with Crippen LogP contribution in [-0.4, -0.2) is 12.8 Å². The second-order valence-electron chi connectivity index (χ2n) is 1.49. The molecule has 0 spiro atoms. The molecule has 0 rings (SSSR count). The Balaban J connectivity index is 3.59. The van der Waals surface area contributed by atoms with E-state index in [0.29, 0.717) is 0 Å². The molecule has 0 saturated carbocycles. The second-order valence-corrected chi connectivity index (χ2v) is 1.49. The van der Waals surface area contributed by atoms with E-state index in [1.54, 1.807) is 0 Å². The van der Waals surface area contributed by atoms with Gasteiger partial charge in [0.2, 0.25) is 0 Å². The first kappa shape index (κ1) is 8.75. The quantitative estimate of drug-likeness (QED) is 0.572. The van der Waals surface area contributed by atoms with E-state index in [1.807, 2.05) is 0 Å². The molecule has 0 aromatic rings. The first-order valence-corrected chi connectivity index (χ1v) is 2.52. The van der Waals surface area contributed by atoms with Crippen LogP contribution in [0.3, 0.4) is 0 Å². The number of hydrogen-bond donors (Lipinski definition) is 0. The summed E-state index contributed by atoms with van der Waals surface area (Å²) < 4.78 is 38.6. The van der Waals surface area contributed by atoms with Crippen LogP contribution in [0.25, 0.3) is 0 Å². The fourth-order valence-corrected chi connectivity index (χ4v) is 0.298. The summed E-state index contributed by atoms with van der Waals surface area (Å²) in [4.78, 5) is 0. The SMILES string of the molecule is CCO[C](C)C(F)(F)F. The van der Waals surface area contributed by atoms with Crippen molar-refractivity contribution < 1.29 is 17.9 Å². The van der Waals surface area contributed by atoms with Crippen molar-refractivity contribution in [1.82, 2.24) is 0 Å². The lowest BCUT2D eigenvalue weighted by Gasteiger charge is -2.12. The summed E-state index contributed by atoms with van der Waals surface area (Å²) in [6, 6.07) is 0. The average molecular weight is 141 g/mol. The Morgan fingerprint density at radius 2 is 1.89 bits per heavy atom. The Hall–Kier alpha value is -0.250. The highest BCUT2D eigenvalue weighted by atomic mass is 19.4. The summed E-state index contributed by atoms with van der Waals surface area (Å²) >= 11 is 0. The molecule has 0 aliphatic heterocycles. The number of hydrogen-bond acceptors (Lipinski definition) is 1. The monoisotopic (exact) mass is 141 g/mol. The molecule has 0 aromatic carbocycles. The first-order chi connectivity index (χ1) is 3.98. The third-order valence-electron chi connectivity index (χ3n) is 0.760. The van der Waals surface area contributed by atoms with Crippen LogP contribution in [0.1, 0.15) is 13.8 Å². The van der Waals surface area contributed by atoms with E-state index >= 15 is 0 Å². The molecule has 0 aromatic heterocycles. The van der Waals surface area contributed by atoms with Crippen LogP contribution >= 0.6 is 0 Å². The number of halogens is 3. The van der Waals surface area contributed by atoms with E-state index in [-0.39, 0.29) is 6.61 Å². The minimum Gasteiger partial charge on any atom is -0.363 e. The van der Waals surface area contributed by atoms with Crippen LogP contribution in [-0.2, 0) is 4.74 Å². The Labute approximate surface area is 51.8 Å². The Kier molecular flexibility index (Phi) is 2.97. The standard InChI is InChI=1S/C5H8F3O/c1-3-9-4(2)5(6,7)8/h3H2,1-2H3. The van der Waals surface area contributed by atoms with Crippen molar-refractivity contribution in [3.8, 4) is 0 Å². The van der Waals surface area contributed by atoms with Crippen molar-refractivity contribution in [1.29, 1.82) is 0 Å². The average Bonchev–Trinajstić information content (AvgIpc) is 1.64. The van der Waals surface area contributed by atoms with Crippen molar-refractivity contribution in [2.24, 2.45) is 0 Å². The van der Waals surface area contributed by atoms with Crippen LogP contribution in [0.2, 0.25) is 0 Å². The van der Waals surface area contributed by atoms with Crippen LogP contribution in [0.5, 0.6) is 0 Å². The Morgan fingerprint density at radius 3 is 2.00 bits per heavy atom. The third kappa shape index (κ3) is 3.35. The van der Waals surface area contributed by atoms with Gasteiger partial charge in [-0.15, -0.1) is 0 Å². The molecule has 0 atom stereocenters. The molecule has 9 heavy (non-hydrogen) atoms. The van der Waals surface area contributed by atoms with Crippen LogP contribution in [0.4, 0.5) is 13.2 Å². The minimum absolute atomic E-state index is 0.0609. The maximum absolute atomic E-state index is 11.5. The maximum atomic E-state index is 11.5. The molecule has 0 N–H and O–H groups in total. The molecule has 0 aliphatic carbocycles. The lowest BCUT2D eigenvalue weighted by Crippen LogP contribution is -2.20. The summed E-state index contributed by atoms with van der Waals surface area (Å²) in [5.41, 5.74) is 0. The highest BCUT2D eigenvalue weighted by molar-refractivity contribution is 4.80. The molecular weight excluding hydrogens is 133 g/mol. The molecule has 1 radical (unpaired) electrons. The molecule has 0 fully saturated rings. The van der Waals surface area contributed by atoms with Gasteiger partial charge in [0.25, 0.3) is 0 Å². The number of rotatable bonds is 2. The molecular formula is C5H8F3O. The third-order valence-corrected chi connectivity index (χ3v) is 0.760. The van der Waals surface area contributed by atoms with Gasteiger partial charge < -0.3 is 4.74 Å². The maximum Gasteiger partial charge on any atom is 0.420 e. The zero-order chi connectivity index (χ0) is 7.49. The summed E-state index contributed by atoms with van der Waals surface area (Å²) in [5, 5.41) is 0. The lowest BCUT2D eigenvalue weighted by molar-refractivity contribution is -0.163.